The summed E-state index contributed by atoms with van der Waals surface area (Å²) in [6, 6.07) is 2.65. The third-order valence-corrected chi connectivity index (χ3v) is 4.64. The smallest absolute Gasteiger partial charge is 0.234 e. The van der Waals surface area contributed by atoms with Gasteiger partial charge in [0.15, 0.2) is 0 Å². The van der Waals surface area contributed by atoms with Crippen molar-refractivity contribution in [2.24, 2.45) is 5.92 Å². The molecule has 1 aliphatic heterocycles. The maximum Gasteiger partial charge on any atom is 0.234 e. The highest BCUT2D eigenvalue weighted by atomic mass is 32.1. The van der Waals surface area contributed by atoms with Crippen molar-refractivity contribution in [3.8, 4) is 0 Å². The van der Waals surface area contributed by atoms with E-state index in [4.69, 9.17) is 0 Å². The predicted molar refractivity (Wildman–Crippen MR) is 80.5 cm³/mol. The van der Waals surface area contributed by atoms with Crippen molar-refractivity contribution in [3.63, 3.8) is 0 Å². The van der Waals surface area contributed by atoms with Gasteiger partial charge in [0.25, 0.3) is 0 Å². The summed E-state index contributed by atoms with van der Waals surface area (Å²) in [6.07, 6.45) is 2.15. The van der Waals surface area contributed by atoms with Gasteiger partial charge in [-0.3, -0.25) is 9.69 Å². The Morgan fingerprint density at radius 3 is 3.05 bits per heavy atom. The van der Waals surface area contributed by atoms with E-state index in [2.05, 4.69) is 42.4 Å². The number of hydrogen-bond donors (Lipinski definition) is 1. The van der Waals surface area contributed by atoms with Crippen LogP contribution in [0.4, 0.5) is 0 Å². The van der Waals surface area contributed by atoms with E-state index in [1.165, 1.54) is 10.4 Å². The van der Waals surface area contributed by atoms with Gasteiger partial charge in [0, 0.05) is 24.0 Å². The number of fused-ring (bicyclic) bond motifs is 1. The highest BCUT2D eigenvalue weighted by molar-refractivity contribution is 7.10. The van der Waals surface area contributed by atoms with Crippen molar-refractivity contribution in [1.82, 2.24) is 10.2 Å². The molecule has 0 bridgehead atoms. The molecule has 0 radical (unpaired) electrons. The van der Waals surface area contributed by atoms with Gasteiger partial charge in [0.1, 0.15) is 0 Å². The van der Waals surface area contributed by atoms with Crippen LogP contribution in [0.25, 0.3) is 0 Å². The van der Waals surface area contributed by atoms with E-state index in [0.717, 1.165) is 25.9 Å². The summed E-state index contributed by atoms with van der Waals surface area (Å²) >= 11 is 1.85. The average molecular weight is 280 g/mol. The fraction of sp³-hybridized carbons (Fsp3) is 0.667. The monoisotopic (exact) mass is 280 g/mol. The number of rotatable bonds is 5. The van der Waals surface area contributed by atoms with E-state index in [1.807, 2.05) is 11.3 Å². The van der Waals surface area contributed by atoms with Gasteiger partial charge in [-0.05, 0) is 35.8 Å². The lowest BCUT2D eigenvalue weighted by atomic mass is 9.98. The van der Waals surface area contributed by atoms with Gasteiger partial charge in [-0.15, -0.1) is 11.3 Å². The Morgan fingerprint density at radius 1 is 1.58 bits per heavy atom. The Hall–Kier alpha value is -0.870. The van der Waals surface area contributed by atoms with E-state index in [-0.39, 0.29) is 5.91 Å². The normalized spacial score (nSPS) is 19.5. The van der Waals surface area contributed by atoms with Crippen molar-refractivity contribution in [3.05, 3.63) is 21.9 Å². The molecule has 0 aliphatic carbocycles. The molecule has 19 heavy (non-hydrogen) atoms. The summed E-state index contributed by atoms with van der Waals surface area (Å²) in [4.78, 5) is 15.8. The predicted octanol–water partition coefficient (Wildman–Crippen LogP) is 2.83. The van der Waals surface area contributed by atoms with Crippen molar-refractivity contribution in [1.29, 1.82) is 0 Å². The second kappa shape index (κ2) is 6.53. The van der Waals surface area contributed by atoms with Crippen LogP contribution in [0.5, 0.6) is 0 Å². The van der Waals surface area contributed by atoms with E-state index < -0.39 is 0 Å². The molecule has 2 rings (SSSR count). The third-order valence-electron chi connectivity index (χ3n) is 3.65. The summed E-state index contributed by atoms with van der Waals surface area (Å²) < 4.78 is 0. The summed E-state index contributed by atoms with van der Waals surface area (Å²) in [5, 5.41) is 5.19. The van der Waals surface area contributed by atoms with Gasteiger partial charge >= 0.3 is 0 Å². The average Bonchev–Trinajstić information content (AvgIpc) is 2.84. The van der Waals surface area contributed by atoms with Gasteiger partial charge in [-0.1, -0.05) is 20.8 Å². The minimum Gasteiger partial charge on any atom is -0.355 e. The van der Waals surface area contributed by atoms with Crippen LogP contribution in [0.2, 0.25) is 0 Å². The van der Waals surface area contributed by atoms with Crippen LogP contribution < -0.4 is 5.32 Å². The number of nitrogens with one attached hydrogen (secondary N) is 1. The van der Waals surface area contributed by atoms with Gasteiger partial charge in [0.2, 0.25) is 5.91 Å². The Bertz CT molecular complexity index is 428. The first kappa shape index (κ1) is 14.5. The molecule has 106 valence electrons. The number of nitrogens with zero attached hydrogens (tertiary/aromatic N) is 1. The maximum atomic E-state index is 12.0. The molecule has 1 aromatic rings. The number of hydrogen-bond acceptors (Lipinski definition) is 3. The van der Waals surface area contributed by atoms with Gasteiger partial charge in [0.05, 0.1) is 6.54 Å². The highest BCUT2D eigenvalue weighted by Crippen LogP contribution is 2.34. The minimum atomic E-state index is 0.158. The molecular weight excluding hydrogens is 256 g/mol. The summed E-state index contributed by atoms with van der Waals surface area (Å²) in [6.45, 7) is 8.74. The molecule has 0 unspecified atom stereocenters. The zero-order valence-corrected chi connectivity index (χ0v) is 12.9. The number of carbonyl (C=O) groups excluding carboxylic acids is 1. The second-order valence-electron chi connectivity index (χ2n) is 5.64. The zero-order chi connectivity index (χ0) is 13.8. The SMILES string of the molecule is CC[C@H]1c2ccsc2CCN1CC(=O)NCC(C)C. The molecule has 1 N–H and O–H groups in total. The van der Waals surface area contributed by atoms with Crippen LogP contribution in [0, 0.1) is 5.92 Å². The molecule has 1 aromatic heterocycles. The first-order valence-electron chi connectivity index (χ1n) is 7.18. The fourth-order valence-electron chi connectivity index (χ4n) is 2.67. The molecule has 0 fully saturated rings. The van der Waals surface area contributed by atoms with Gasteiger partial charge < -0.3 is 5.32 Å². The van der Waals surface area contributed by atoms with Crippen LogP contribution >= 0.6 is 11.3 Å². The van der Waals surface area contributed by atoms with E-state index >= 15 is 0 Å². The van der Waals surface area contributed by atoms with Crippen molar-refractivity contribution in [2.75, 3.05) is 19.6 Å². The Morgan fingerprint density at radius 2 is 2.37 bits per heavy atom. The lowest BCUT2D eigenvalue weighted by molar-refractivity contribution is -0.123. The Labute approximate surface area is 120 Å². The topological polar surface area (TPSA) is 32.3 Å². The van der Waals surface area contributed by atoms with E-state index in [1.54, 1.807) is 0 Å². The molecule has 0 aromatic carbocycles. The Kier molecular flexibility index (Phi) is 4.99. The minimum absolute atomic E-state index is 0.158. The second-order valence-corrected chi connectivity index (χ2v) is 6.64. The van der Waals surface area contributed by atoms with Gasteiger partial charge in [-0.25, -0.2) is 0 Å². The fourth-order valence-corrected chi connectivity index (χ4v) is 3.60. The zero-order valence-electron chi connectivity index (χ0n) is 12.1. The third kappa shape index (κ3) is 3.57. The summed E-state index contributed by atoms with van der Waals surface area (Å²) in [5.74, 6) is 0.668. The molecule has 2 heterocycles. The van der Waals surface area contributed by atoms with E-state index in [0.29, 0.717) is 18.5 Å². The Balaban J connectivity index is 1.96. The first-order valence-corrected chi connectivity index (χ1v) is 8.06. The number of amides is 1. The lowest BCUT2D eigenvalue weighted by Crippen LogP contribution is -2.42. The molecule has 1 aliphatic rings. The van der Waals surface area contributed by atoms with Crippen LogP contribution in [0.3, 0.4) is 0 Å². The van der Waals surface area contributed by atoms with Crippen LogP contribution in [-0.2, 0) is 11.2 Å². The van der Waals surface area contributed by atoms with Crippen LogP contribution in [0.15, 0.2) is 11.4 Å². The summed E-state index contributed by atoms with van der Waals surface area (Å²) in [7, 11) is 0. The molecular formula is C15H24N2OS. The van der Waals surface area contributed by atoms with Gasteiger partial charge in [-0.2, -0.15) is 0 Å². The lowest BCUT2D eigenvalue weighted by Gasteiger charge is -2.34. The van der Waals surface area contributed by atoms with Crippen LogP contribution in [-0.4, -0.2) is 30.4 Å². The highest BCUT2D eigenvalue weighted by Gasteiger charge is 2.27. The van der Waals surface area contributed by atoms with Crippen molar-refractivity contribution >= 4 is 17.2 Å². The molecule has 0 saturated carbocycles. The molecule has 0 saturated heterocycles. The molecule has 3 nitrogen and oxygen atoms in total. The van der Waals surface area contributed by atoms with E-state index in [9.17, 15) is 4.79 Å². The molecule has 4 heteroatoms. The van der Waals surface area contributed by atoms with Crippen LogP contribution in [0.1, 0.15) is 43.7 Å². The van der Waals surface area contributed by atoms with Crippen molar-refractivity contribution in [2.45, 2.75) is 39.7 Å². The maximum absolute atomic E-state index is 12.0. The molecule has 1 amide bonds. The standard InChI is InChI=1S/C15H24N2OS/c1-4-13-12-6-8-19-14(12)5-7-17(13)10-15(18)16-9-11(2)3/h6,8,11,13H,4-5,7,9-10H2,1-3H3,(H,16,18)/t13-/m0/s1. The molecule has 0 spiro atoms. The largest absolute Gasteiger partial charge is 0.355 e. The quantitative estimate of drug-likeness (QED) is 0.899. The van der Waals surface area contributed by atoms with Crippen molar-refractivity contribution < 1.29 is 4.79 Å². The first-order chi connectivity index (χ1) is 9.11. The summed E-state index contributed by atoms with van der Waals surface area (Å²) in [5.41, 5.74) is 1.44. The molecule has 1 atom stereocenters. The number of thiophene rings is 1. The number of carbonyl (C=O) groups is 1.